The Bertz CT molecular complexity index is 737. The second-order valence-electron chi connectivity index (χ2n) is 4.09. The van der Waals surface area contributed by atoms with E-state index in [1.165, 1.54) is 23.1 Å². The average molecular weight is 305 g/mol. The molecular weight excluding hydrogens is 294 g/mol. The van der Waals surface area contributed by atoms with Crippen LogP contribution in [0.25, 0.3) is 10.2 Å². The summed E-state index contributed by atoms with van der Waals surface area (Å²) in [4.78, 5) is 16.3. The van der Waals surface area contributed by atoms with E-state index in [2.05, 4.69) is 25.7 Å². The molecule has 0 aliphatic rings. The summed E-state index contributed by atoms with van der Waals surface area (Å²) in [5.41, 5.74) is 2.05. The number of nitrogens with one attached hydrogen (secondary N) is 2. The fraction of sp³-hybridized carbons (Fsp3) is 0.167. The van der Waals surface area contributed by atoms with E-state index in [9.17, 15) is 4.79 Å². The van der Waals surface area contributed by atoms with Crippen LogP contribution in [0.4, 0.5) is 5.13 Å². The number of carbonyl (C=O) groups excluding carboxylic acids is 1. The van der Waals surface area contributed by atoms with E-state index in [4.69, 9.17) is 0 Å². The molecule has 0 atom stereocenters. The quantitative estimate of drug-likeness (QED) is 0.723. The number of H-pyrrole nitrogens is 1. The number of hydrogen-bond acceptors (Lipinski definition) is 6. The van der Waals surface area contributed by atoms with Gasteiger partial charge >= 0.3 is 0 Å². The lowest BCUT2D eigenvalue weighted by Crippen LogP contribution is -2.13. The summed E-state index contributed by atoms with van der Waals surface area (Å²) in [7, 11) is 0. The zero-order chi connectivity index (χ0) is 13.9. The first kappa shape index (κ1) is 13.1. The molecule has 20 heavy (non-hydrogen) atoms. The third kappa shape index (κ3) is 2.81. The van der Waals surface area contributed by atoms with E-state index in [-0.39, 0.29) is 11.7 Å². The highest BCUT2D eigenvalue weighted by Gasteiger charge is 2.10. The highest BCUT2D eigenvalue weighted by Crippen LogP contribution is 2.28. The third-order valence-corrected chi connectivity index (χ3v) is 4.45. The number of thiazole rings is 1. The molecule has 0 fully saturated rings. The number of benzene rings is 1. The topological polar surface area (TPSA) is 83.6 Å². The van der Waals surface area contributed by atoms with Crippen molar-refractivity contribution >= 4 is 44.4 Å². The number of thioether (sulfide) groups is 1. The number of hydrogen-bond donors (Lipinski definition) is 2. The van der Waals surface area contributed by atoms with E-state index in [0.717, 1.165) is 15.8 Å². The fourth-order valence-corrected chi connectivity index (χ4v) is 3.24. The maximum absolute atomic E-state index is 11.8. The summed E-state index contributed by atoms with van der Waals surface area (Å²) < 4.78 is 1.07. The first-order valence-corrected chi connectivity index (χ1v) is 7.67. The molecule has 0 saturated heterocycles. The molecule has 2 aromatic heterocycles. The van der Waals surface area contributed by atoms with Crippen LogP contribution in [0, 0.1) is 6.92 Å². The van der Waals surface area contributed by atoms with Gasteiger partial charge in [0.1, 0.15) is 5.03 Å². The van der Waals surface area contributed by atoms with E-state index >= 15 is 0 Å². The number of carbonyl (C=O) groups is 1. The zero-order valence-electron chi connectivity index (χ0n) is 10.6. The summed E-state index contributed by atoms with van der Waals surface area (Å²) in [5, 5.41) is 14.2. The van der Waals surface area contributed by atoms with Gasteiger partial charge in [0, 0.05) is 0 Å². The summed E-state index contributed by atoms with van der Waals surface area (Å²) >= 11 is 2.80. The number of aromatic amines is 1. The van der Waals surface area contributed by atoms with Gasteiger partial charge in [-0.05, 0) is 18.6 Å². The van der Waals surface area contributed by atoms with Crippen LogP contribution in [0.3, 0.4) is 0 Å². The Kier molecular flexibility index (Phi) is 3.66. The van der Waals surface area contributed by atoms with Gasteiger partial charge in [0.15, 0.2) is 5.13 Å². The van der Waals surface area contributed by atoms with Crippen LogP contribution in [0.2, 0.25) is 0 Å². The maximum Gasteiger partial charge on any atom is 0.236 e. The maximum atomic E-state index is 11.8. The van der Waals surface area contributed by atoms with Gasteiger partial charge in [-0.3, -0.25) is 4.79 Å². The van der Waals surface area contributed by atoms with Crippen molar-refractivity contribution in [3.63, 3.8) is 0 Å². The minimum absolute atomic E-state index is 0.102. The zero-order valence-corrected chi connectivity index (χ0v) is 12.2. The molecular formula is C12H11N5OS2. The summed E-state index contributed by atoms with van der Waals surface area (Å²) in [6.45, 7) is 2.01. The average Bonchev–Trinajstić information content (AvgIpc) is 3.05. The molecule has 0 saturated carbocycles. The first-order chi connectivity index (χ1) is 9.72. The van der Waals surface area contributed by atoms with Gasteiger partial charge in [-0.25, -0.2) is 4.98 Å². The number of amides is 1. The molecule has 2 heterocycles. The normalized spacial score (nSPS) is 10.8. The van der Waals surface area contributed by atoms with Gasteiger partial charge in [0.05, 0.1) is 22.2 Å². The predicted octanol–water partition coefficient (Wildman–Crippen LogP) is 2.45. The Labute approximate surface area is 123 Å². The van der Waals surface area contributed by atoms with E-state index in [0.29, 0.717) is 10.2 Å². The summed E-state index contributed by atoms with van der Waals surface area (Å²) in [6.07, 6.45) is 1.58. The molecule has 102 valence electrons. The van der Waals surface area contributed by atoms with E-state index < -0.39 is 0 Å². The summed E-state index contributed by atoms with van der Waals surface area (Å²) in [6, 6.07) is 6.00. The number of fused-ring (bicyclic) bond motifs is 1. The Morgan fingerprint density at radius 2 is 2.40 bits per heavy atom. The van der Waals surface area contributed by atoms with Gasteiger partial charge < -0.3 is 5.32 Å². The number of anilines is 1. The Morgan fingerprint density at radius 1 is 1.50 bits per heavy atom. The molecule has 0 radical (unpaired) electrons. The lowest BCUT2D eigenvalue weighted by Gasteiger charge is -1.98. The van der Waals surface area contributed by atoms with Crippen molar-refractivity contribution in [1.82, 2.24) is 20.4 Å². The fourth-order valence-electron chi connectivity index (χ4n) is 1.70. The molecule has 3 rings (SSSR count). The van der Waals surface area contributed by atoms with Crippen LogP contribution in [0.5, 0.6) is 0 Å². The van der Waals surface area contributed by atoms with Crippen molar-refractivity contribution in [2.75, 3.05) is 11.1 Å². The summed E-state index contributed by atoms with van der Waals surface area (Å²) in [5.74, 6) is 0.177. The smallest absolute Gasteiger partial charge is 0.236 e. The molecule has 1 aromatic carbocycles. The molecule has 1 amide bonds. The van der Waals surface area contributed by atoms with E-state index in [1.54, 1.807) is 6.20 Å². The molecule has 0 aliphatic carbocycles. The number of nitrogens with zero attached hydrogens (tertiary/aromatic N) is 3. The van der Waals surface area contributed by atoms with Gasteiger partial charge in [-0.1, -0.05) is 35.2 Å². The highest BCUT2D eigenvalue weighted by atomic mass is 32.2. The standard InChI is InChI=1S/C12H11N5OS2/c1-7-3-2-4-8-11(7)15-12(20-8)14-9(18)6-19-10-5-13-17-16-10/h2-5H,6H2,1H3,(H,13,16,17)(H,14,15,18). The Balaban J connectivity index is 1.66. The minimum Gasteiger partial charge on any atom is -0.301 e. The Hall–Kier alpha value is -1.93. The molecule has 8 heteroatoms. The molecule has 0 bridgehead atoms. The van der Waals surface area contributed by atoms with Crippen molar-refractivity contribution in [3.05, 3.63) is 30.0 Å². The number of aromatic nitrogens is 4. The Morgan fingerprint density at radius 3 is 3.15 bits per heavy atom. The SMILES string of the molecule is Cc1cccc2sc(NC(=O)CSc3cn[nH]n3)nc12. The van der Waals surface area contributed by atoms with Crippen LogP contribution in [0.1, 0.15) is 5.56 Å². The molecule has 0 spiro atoms. The van der Waals surface area contributed by atoms with Crippen molar-refractivity contribution in [2.45, 2.75) is 11.9 Å². The van der Waals surface area contributed by atoms with Crippen molar-refractivity contribution in [1.29, 1.82) is 0 Å². The molecule has 6 nitrogen and oxygen atoms in total. The first-order valence-electron chi connectivity index (χ1n) is 5.87. The second kappa shape index (κ2) is 5.59. The third-order valence-electron chi connectivity index (χ3n) is 2.61. The molecule has 3 aromatic rings. The van der Waals surface area contributed by atoms with Gasteiger partial charge in [0.25, 0.3) is 0 Å². The van der Waals surface area contributed by atoms with Crippen LogP contribution in [-0.2, 0) is 4.79 Å². The van der Waals surface area contributed by atoms with Crippen LogP contribution >= 0.6 is 23.1 Å². The molecule has 0 unspecified atom stereocenters. The minimum atomic E-state index is -0.102. The van der Waals surface area contributed by atoms with Crippen LogP contribution in [-0.4, -0.2) is 32.1 Å². The van der Waals surface area contributed by atoms with Crippen LogP contribution in [0.15, 0.2) is 29.4 Å². The highest BCUT2D eigenvalue weighted by molar-refractivity contribution is 7.99. The van der Waals surface area contributed by atoms with Gasteiger partial charge in [-0.15, -0.1) is 5.10 Å². The number of aryl methyl sites for hydroxylation is 1. The predicted molar refractivity (Wildman–Crippen MR) is 80.1 cm³/mol. The second-order valence-corrected chi connectivity index (χ2v) is 6.11. The van der Waals surface area contributed by atoms with Gasteiger partial charge in [0.2, 0.25) is 5.91 Å². The van der Waals surface area contributed by atoms with Crippen molar-refractivity contribution < 1.29 is 4.79 Å². The monoisotopic (exact) mass is 305 g/mol. The van der Waals surface area contributed by atoms with Crippen LogP contribution < -0.4 is 5.32 Å². The lowest BCUT2D eigenvalue weighted by molar-refractivity contribution is -0.113. The van der Waals surface area contributed by atoms with Gasteiger partial charge in [-0.2, -0.15) is 10.3 Å². The number of para-hydroxylation sites is 1. The largest absolute Gasteiger partial charge is 0.301 e. The molecule has 2 N–H and O–H groups in total. The lowest BCUT2D eigenvalue weighted by atomic mass is 10.2. The van der Waals surface area contributed by atoms with E-state index in [1.807, 2.05) is 25.1 Å². The number of rotatable bonds is 4. The van der Waals surface area contributed by atoms with Crippen molar-refractivity contribution in [2.24, 2.45) is 0 Å². The van der Waals surface area contributed by atoms with Crippen molar-refractivity contribution in [3.8, 4) is 0 Å². The molecule has 0 aliphatic heterocycles.